The first-order valence-corrected chi connectivity index (χ1v) is 12.5. The average Bonchev–Trinajstić information content (AvgIpc) is 3.21. The Morgan fingerprint density at radius 3 is 2.56 bits per heavy atom. The molecule has 0 aliphatic carbocycles. The van der Waals surface area contributed by atoms with E-state index in [2.05, 4.69) is 60.6 Å². The van der Waals surface area contributed by atoms with Crippen LogP contribution in [0.5, 0.6) is 5.75 Å². The first kappa shape index (κ1) is 22.9. The van der Waals surface area contributed by atoms with Crippen molar-refractivity contribution in [1.82, 2.24) is 14.5 Å². The Balaban J connectivity index is 1.30. The summed E-state index contributed by atoms with van der Waals surface area (Å²) in [6.07, 6.45) is 3.49. The summed E-state index contributed by atoms with van der Waals surface area (Å²) < 4.78 is 14.3. The molecular formula is C28H35N3O3. The molecular weight excluding hydrogens is 426 g/mol. The van der Waals surface area contributed by atoms with E-state index in [1.54, 1.807) is 0 Å². The van der Waals surface area contributed by atoms with E-state index in [4.69, 9.17) is 14.5 Å². The van der Waals surface area contributed by atoms with Gasteiger partial charge in [-0.2, -0.15) is 0 Å². The van der Waals surface area contributed by atoms with Crippen molar-refractivity contribution in [2.45, 2.75) is 64.7 Å². The molecule has 2 aliphatic heterocycles. The number of carbonyl (C=O) groups excluding carboxylic acids is 1. The van der Waals surface area contributed by atoms with Crippen LogP contribution in [0, 0.1) is 12.8 Å². The number of aryl methyl sites for hydroxylation is 1. The summed E-state index contributed by atoms with van der Waals surface area (Å²) in [5.74, 6) is 2.17. The Hall–Kier alpha value is -2.86. The Kier molecular flexibility index (Phi) is 6.34. The molecule has 6 nitrogen and oxygen atoms in total. The van der Waals surface area contributed by atoms with Crippen molar-refractivity contribution in [3.05, 3.63) is 59.9 Å². The molecule has 2 saturated heterocycles. The lowest BCUT2D eigenvalue weighted by molar-refractivity contribution is -0.146. The fourth-order valence-corrected chi connectivity index (χ4v) is 5.43. The Labute approximate surface area is 201 Å². The van der Waals surface area contributed by atoms with Gasteiger partial charge in [0.25, 0.3) is 0 Å². The number of carbonyl (C=O) groups is 1. The van der Waals surface area contributed by atoms with Gasteiger partial charge in [0, 0.05) is 31.7 Å². The topological polar surface area (TPSA) is 56.6 Å². The summed E-state index contributed by atoms with van der Waals surface area (Å²) in [4.78, 5) is 20.2. The maximum atomic E-state index is 13.2. The summed E-state index contributed by atoms with van der Waals surface area (Å²) in [7, 11) is 0. The van der Waals surface area contributed by atoms with Crippen LogP contribution in [0.3, 0.4) is 0 Å². The molecule has 1 atom stereocenters. The molecule has 0 saturated carbocycles. The SMILES string of the molecule is Cc1ccc(OCc2nc3ccccc3n2C2CCN(C(=O)C3CCOC(C)(C)C3)CC2)cc1. The predicted octanol–water partition coefficient (Wildman–Crippen LogP) is 5.29. The monoisotopic (exact) mass is 461 g/mol. The van der Waals surface area contributed by atoms with E-state index in [9.17, 15) is 4.79 Å². The quantitative estimate of drug-likeness (QED) is 0.518. The lowest BCUT2D eigenvalue weighted by Gasteiger charge is -2.39. The second-order valence-electron chi connectivity index (χ2n) is 10.3. The minimum absolute atomic E-state index is 0.0767. The normalized spacial score (nSPS) is 21.0. The number of fused-ring (bicyclic) bond motifs is 1. The highest BCUT2D eigenvalue weighted by molar-refractivity contribution is 5.79. The predicted molar refractivity (Wildman–Crippen MR) is 133 cm³/mol. The zero-order chi connectivity index (χ0) is 23.7. The van der Waals surface area contributed by atoms with Crippen LogP contribution >= 0.6 is 0 Å². The lowest BCUT2D eigenvalue weighted by Crippen LogP contribution is -2.46. The molecule has 180 valence electrons. The van der Waals surface area contributed by atoms with Crippen LogP contribution in [-0.4, -0.2) is 45.7 Å². The third-order valence-corrected chi connectivity index (χ3v) is 7.25. The van der Waals surface area contributed by atoms with Gasteiger partial charge < -0.3 is 18.9 Å². The number of hydrogen-bond acceptors (Lipinski definition) is 4. The molecule has 34 heavy (non-hydrogen) atoms. The van der Waals surface area contributed by atoms with Crippen molar-refractivity contribution in [1.29, 1.82) is 0 Å². The molecule has 2 aliphatic rings. The maximum Gasteiger partial charge on any atom is 0.225 e. The standard InChI is InChI=1S/C28H35N3O3/c1-20-8-10-23(11-9-20)33-19-26-29-24-6-4-5-7-25(24)31(26)22-12-15-30(16-13-22)27(32)21-14-17-34-28(2,3)18-21/h4-11,21-22H,12-19H2,1-3H3. The first-order valence-electron chi connectivity index (χ1n) is 12.5. The second-order valence-corrected chi connectivity index (χ2v) is 10.3. The molecule has 3 heterocycles. The Morgan fingerprint density at radius 1 is 1.09 bits per heavy atom. The average molecular weight is 462 g/mol. The molecule has 0 bridgehead atoms. The van der Waals surface area contributed by atoms with Gasteiger partial charge in [-0.25, -0.2) is 4.98 Å². The van der Waals surface area contributed by atoms with Crippen LogP contribution in [0.15, 0.2) is 48.5 Å². The highest BCUT2D eigenvalue weighted by Crippen LogP contribution is 2.33. The third-order valence-electron chi connectivity index (χ3n) is 7.25. The van der Waals surface area contributed by atoms with Gasteiger partial charge in [-0.1, -0.05) is 29.8 Å². The van der Waals surface area contributed by atoms with Crippen molar-refractivity contribution in [3.63, 3.8) is 0 Å². The number of para-hydroxylation sites is 2. The largest absolute Gasteiger partial charge is 0.486 e. The van der Waals surface area contributed by atoms with Crippen molar-refractivity contribution in [2.75, 3.05) is 19.7 Å². The molecule has 0 spiro atoms. The van der Waals surface area contributed by atoms with E-state index < -0.39 is 0 Å². The number of nitrogens with zero attached hydrogens (tertiary/aromatic N) is 3. The van der Waals surface area contributed by atoms with Crippen LogP contribution < -0.4 is 4.74 Å². The van der Waals surface area contributed by atoms with Crippen LogP contribution in [0.1, 0.15) is 57.0 Å². The van der Waals surface area contributed by atoms with E-state index in [-0.39, 0.29) is 11.5 Å². The maximum absolute atomic E-state index is 13.2. The number of rotatable bonds is 5. The number of ether oxygens (including phenoxy) is 2. The number of benzene rings is 2. The summed E-state index contributed by atoms with van der Waals surface area (Å²) in [6, 6.07) is 16.7. The van der Waals surface area contributed by atoms with Gasteiger partial charge in [-0.15, -0.1) is 0 Å². The fraction of sp³-hybridized carbons (Fsp3) is 0.500. The van der Waals surface area contributed by atoms with Gasteiger partial charge in [0.15, 0.2) is 0 Å². The molecule has 3 aromatic rings. The van der Waals surface area contributed by atoms with Crippen LogP contribution in [0.25, 0.3) is 11.0 Å². The highest BCUT2D eigenvalue weighted by atomic mass is 16.5. The molecule has 2 aromatic carbocycles. The third kappa shape index (κ3) is 4.83. The van der Waals surface area contributed by atoms with Gasteiger partial charge in [-0.3, -0.25) is 4.79 Å². The molecule has 2 fully saturated rings. The molecule has 0 radical (unpaired) electrons. The van der Waals surface area contributed by atoms with E-state index in [1.165, 1.54) is 5.56 Å². The summed E-state index contributed by atoms with van der Waals surface area (Å²) >= 11 is 0. The van der Waals surface area contributed by atoms with Gasteiger partial charge in [0.2, 0.25) is 5.91 Å². The number of aromatic nitrogens is 2. The second kappa shape index (κ2) is 9.41. The number of piperidine rings is 1. The molecule has 5 rings (SSSR count). The molecule has 1 amide bonds. The Morgan fingerprint density at radius 2 is 1.82 bits per heavy atom. The number of imidazole rings is 1. The van der Waals surface area contributed by atoms with Crippen LogP contribution in [0.2, 0.25) is 0 Å². The lowest BCUT2D eigenvalue weighted by atomic mass is 9.87. The van der Waals surface area contributed by atoms with Gasteiger partial charge >= 0.3 is 0 Å². The van der Waals surface area contributed by atoms with Crippen LogP contribution in [-0.2, 0) is 16.1 Å². The first-order chi connectivity index (χ1) is 16.4. The van der Waals surface area contributed by atoms with E-state index in [0.717, 1.165) is 61.4 Å². The zero-order valence-corrected chi connectivity index (χ0v) is 20.5. The minimum atomic E-state index is -0.209. The van der Waals surface area contributed by atoms with Gasteiger partial charge in [0.1, 0.15) is 18.2 Å². The summed E-state index contributed by atoms with van der Waals surface area (Å²) in [6.45, 7) is 8.91. The van der Waals surface area contributed by atoms with Crippen molar-refractivity contribution in [3.8, 4) is 5.75 Å². The number of likely N-dealkylation sites (tertiary alicyclic amines) is 1. The zero-order valence-electron chi connectivity index (χ0n) is 20.5. The molecule has 6 heteroatoms. The van der Waals surface area contributed by atoms with Gasteiger partial charge in [0.05, 0.1) is 16.6 Å². The van der Waals surface area contributed by atoms with Crippen molar-refractivity contribution >= 4 is 16.9 Å². The van der Waals surface area contributed by atoms with E-state index in [1.807, 2.05) is 18.2 Å². The minimum Gasteiger partial charge on any atom is -0.486 e. The highest BCUT2D eigenvalue weighted by Gasteiger charge is 2.36. The smallest absolute Gasteiger partial charge is 0.225 e. The van der Waals surface area contributed by atoms with Gasteiger partial charge in [-0.05, 0) is 70.7 Å². The molecule has 0 N–H and O–H groups in total. The van der Waals surface area contributed by atoms with E-state index in [0.29, 0.717) is 25.2 Å². The van der Waals surface area contributed by atoms with E-state index >= 15 is 0 Å². The van der Waals surface area contributed by atoms with Crippen molar-refractivity contribution < 1.29 is 14.3 Å². The number of amides is 1. The Bertz CT molecular complexity index is 1140. The van der Waals surface area contributed by atoms with Crippen molar-refractivity contribution in [2.24, 2.45) is 5.92 Å². The summed E-state index contributed by atoms with van der Waals surface area (Å²) in [5, 5.41) is 0. The molecule has 1 unspecified atom stereocenters. The fourth-order valence-electron chi connectivity index (χ4n) is 5.43. The van der Waals surface area contributed by atoms with Crippen LogP contribution in [0.4, 0.5) is 0 Å². The number of hydrogen-bond donors (Lipinski definition) is 0. The molecule has 1 aromatic heterocycles. The summed E-state index contributed by atoms with van der Waals surface area (Å²) in [5.41, 5.74) is 3.14.